The number of sulfonamides is 1. The summed E-state index contributed by atoms with van der Waals surface area (Å²) >= 11 is 3.32. The minimum Gasteiger partial charge on any atom is -0.207 e. The van der Waals surface area contributed by atoms with Gasteiger partial charge in [-0.3, -0.25) is 0 Å². The Kier molecular flexibility index (Phi) is 4.69. The van der Waals surface area contributed by atoms with Crippen LogP contribution in [0.4, 0.5) is 0 Å². The second kappa shape index (κ2) is 5.63. The zero-order valence-corrected chi connectivity index (χ0v) is 12.0. The van der Waals surface area contributed by atoms with Gasteiger partial charge in [0.15, 0.2) is 0 Å². The molecule has 0 aliphatic rings. The SMILES string of the molecule is Cc1cc(S(=O)(=O)N(C)CCC#N)ccc1Br. The number of aryl methyl sites for hydroxylation is 1. The molecular weight excluding hydrogens is 304 g/mol. The standard InChI is InChI=1S/C11H13BrN2O2S/c1-9-8-10(4-5-11(9)12)17(15,16)14(2)7-3-6-13/h4-5,8H,3,7H2,1-2H3. The van der Waals surface area contributed by atoms with Crippen LogP contribution >= 0.6 is 15.9 Å². The highest BCUT2D eigenvalue weighted by Gasteiger charge is 2.20. The van der Waals surface area contributed by atoms with E-state index in [0.717, 1.165) is 10.0 Å². The van der Waals surface area contributed by atoms with Crippen molar-refractivity contribution in [1.29, 1.82) is 5.26 Å². The zero-order chi connectivity index (χ0) is 13.1. The van der Waals surface area contributed by atoms with Crippen molar-refractivity contribution in [3.05, 3.63) is 28.2 Å². The third-order valence-electron chi connectivity index (χ3n) is 2.38. The van der Waals surface area contributed by atoms with Crippen LogP contribution in [0.1, 0.15) is 12.0 Å². The summed E-state index contributed by atoms with van der Waals surface area (Å²) in [6.45, 7) is 2.03. The zero-order valence-electron chi connectivity index (χ0n) is 9.64. The van der Waals surface area contributed by atoms with Gasteiger partial charge in [-0.15, -0.1) is 0 Å². The van der Waals surface area contributed by atoms with E-state index in [4.69, 9.17) is 5.26 Å². The Morgan fingerprint density at radius 2 is 2.12 bits per heavy atom. The molecule has 0 saturated heterocycles. The summed E-state index contributed by atoms with van der Waals surface area (Å²) in [5.74, 6) is 0. The molecule has 0 aliphatic carbocycles. The smallest absolute Gasteiger partial charge is 0.207 e. The third-order valence-corrected chi connectivity index (χ3v) is 5.12. The van der Waals surface area contributed by atoms with Crippen molar-refractivity contribution in [1.82, 2.24) is 4.31 Å². The molecule has 0 radical (unpaired) electrons. The van der Waals surface area contributed by atoms with Gasteiger partial charge in [-0.25, -0.2) is 8.42 Å². The summed E-state index contributed by atoms with van der Waals surface area (Å²) in [5, 5.41) is 8.45. The van der Waals surface area contributed by atoms with Gasteiger partial charge >= 0.3 is 0 Å². The first-order chi connectivity index (χ1) is 7.89. The Morgan fingerprint density at radius 3 is 2.65 bits per heavy atom. The summed E-state index contributed by atoms with van der Waals surface area (Å²) in [6, 6.07) is 6.80. The maximum Gasteiger partial charge on any atom is 0.242 e. The van der Waals surface area contributed by atoms with E-state index in [1.54, 1.807) is 18.2 Å². The molecule has 0 fully saturated rings. The maximum atomic E-state index is 12.1. The number of nitriles is 1. The third kappa shape index (κ3) is 3.28. The van der Waals surface area contributed by atoms with Crippen LogP contribution in [0.15, 0.2) is 27.6 Å². The van der Waals surface area contributed by atoms with Gasteiger partial charge in [-0.2, -0.15) is 9.57 Å². The van der Waals surface area contributed by atoms with Gasteiger partial charge in [0, 0.05) is 24.5 Å². The fraction of sp³-hybridized carbons (Fsp3) is 0.364. The predicted molar refractivity (Wildman–Crippen MR) is 68.9 cm³/mol. The topological polar surface area (TPSA) is 61.2 Å². The lowest BCUT2D eigenvalue weighted by Crippen LogP contribution is -2.27. The van der Waals surface area contributed by atoms with Crippen molar-refractivity contribution in [2.24, 2.45) is 0 Å². The van der Waals surface area contributed by atoms with E-state index in [0.29, 0.717) is 0 Å². The van der Waals surface area contributed by atoms with Gasteiger partial charge in [-0.1, -0.05) is 15.9 Å². The van der Waals surface area contributed by atoms with E-state index in [9.17, 15) is 8.42 Å². The lowest BCUT2D eigenvalue weighted by molar-refractivity contribution is 0.476. The van der Waals surface area contributed by atoms with E-state index in [1.165, 1.54) is 11.4 Å². The summed E-state index contributed by atoms with van der Waals surface area (Å²) in [5.41, 5.74) is 0.861. The van der Waals surface area contributed by atoms with Gasteiger partial charge in [0.1, 0.15) is 0 Å². The summed E-state index contributed by atoms with van der Waals surface area (Å²) in [7, 11) is -2.01. The molecule has 0 N–H and O–H groups in total. The molecular formula is C11H13BrN2O2S. The van der Waals surface area contributed by atoms with Gasteiger partial charge in [0.05, 0.1) is 11.0 Å². The molecule has 0 bridgehead atoms. The van der Waals surface area contributed by atoms with E-state index >= 15 is 0 Å². The molecule has 0 atom stereocenters. The van der Waals surface area contributed by atoms with Gasteiger partial charge in [-0.05, 0) is 30.7 Å². The summed E-state index contributed by atoms with van der Waals surface area (Å²) < 4.78 is 26.3. The molecule has 0 saturated carbocycles. The Bertz CT molecular complexity index is 549. The van der Waals surface area contributed by atoms with Crippen molar-refractivity contribution in [2.75, 3.05) is 13.6 Å². The molecule has 1 rings (SSSR count). The van der Waals surface area contributed by atoms with Crippen molar-refractivity contribution < 1.29 is 8.42 Å². The number of benzene rings is 1. The van der Waals surface area contributed by atoms with Crippen LogP contribution in [0.25, 0.3) is 0 Å². The lowest BCUT2D eigenvalue weighted by atomic mass is 10.2. The van der Waals surface area contributed by atoms with Gasteiger partial charge < -0.3 is 0 Å². The number of hydrogen-bond acceptors (Lipinski definition) is 3. The van der Waals surface area contributed by atoms with E-state index in [1.807, 2.05) is 13.0 Å². The molecule has 0 aromatic heterocycles. The van der Waals surface area contributed by atoms with Crippen molar-refractivity contribution >= 4 is 26.0 Å². The van der Waals surface area contributed by atoms with Crippen molar-refractivity contribution in [3.63, 3.8) is 0 Å². The minimum absolute atomic E-state index is 0.186. The molecule has 0 aliphatic heterocycles. The van der Waals surface area contributed by atoms with Crippen LogP contribution in [0.5, 0.6) is 0 Å². The molecule has 0 spiro atoms. The van der Waals surface area contributed by atoms with E-state index in [2.05, 4.69) is 15.9 Å². The Balaban J connectivity index is 3.05. The lowest BCUT2D eigenvalue weighted by Gasteiger charge is -2.16. The second-order valence-electron chi connectivity index (χ2n) is 3.65. The Morgan fingerprint density at radius 1 is 1.47 bits per heavy atom. The van der Waals surface area contributed by atoms with Crippen LogP contribution in [-0.4, -0.2) is 26.3 Å². The number of nitrogens with zero attached hydrogens (tertiary/aromatic N) is 2. The van der Waals surface area contributed by atoms with Crippen LogP contribution in [0.3, 0.4) is 0 Å². The van der Waals surface area contributed by atoms with Crippen molar-refractivity contribution in [3.8, 4) is 6.07 Å². The molecule has 4 nitrogen and oxygen atoms in total. The summed E-state index contributed by atoms with van der Waals surface area (Å²) in [4.78, 5) is 0.249. The van der Waals surface area contributed by atoms with Crippen LogP contribution in [0, 0.1) is 18.3 Å². The van der Waals surface area contributed by atoms with Gasteiger partial charge in [0.2, 0.25) is 10.0 Å². The molecule has 92 valence electrons. The highest BCUT2D eigenvalue weighted by atomic mass is 79.9. The fourth-order valence-electron chi connectivity index (χ4n) is 1.29. The first-order valence-corrected chi connectivity index (χ1v) is 7.22. The molecule has 1 aromatic carbocycles. The quantitative estimate of drug-likeness (QED) is 0.856. The molecule has 0 heterocycles. The van der Waals surface area contributed by atoms with E-state index in [-0.39, 0.29) is 17.9 Å². The summed E-state index contributed by atoms with van der Waals surface area (Å²) in [6.07, 6.45) is 0.186. The fourth-order valence-corrected chi connectivity index (χ4v) is 2.79. The average molecular weight is 317 g/mol. The van der Waals surface area contributed by atoms with Crippen LogP contribution in [-0.2, 0) is 10.0 Å². The predicted octanol–water partition coefficient (Wildman–Crippen LogP) is 2.29. The highest BCUT2D eigenvalue weighted by molar-refractivity contribution is 9.10. The minimum atomic E-state index is -3.49. The molecule has 0 unspecified atom stereocenters. The molecule has 17 heavy (non-hydrogen) atoms. The largest absolute Gasteiger partial charge is 0.242 e. The van der Waals surface area contributed by atoms with Crippen LogP contribution in [0.2, 0.25) is 0 Å². The van der Waals surface area contributed by atoms with E-state index < -0.39 is 10.0 Å². The maximum absolute atomic E-state index is 12.1. The van der Waals surface area contributed by atoms with Crippen LogP contribution < -0.4 is 0 Å². The number of halogens is 1. The molecule has 6 heteroatoms. The second-order valence-corrected chi connectivity index (χ2v) is 6.54. The average Bonchev–Trinajstić information content (AvgIpc) is 2.29. The number of rotatable bonds is 4. The van der Waals surface area contributed by atoms with Gasteiger partial charge in [0.25, 0.3) is 0 Å². The molecule has 1 aromatic rings. The monoisotopic (exact) mass is 316 g/mol. The normalized spacial score (nSPS) is 11.5. The first-order valence-electron chi connectivity index (χ1n) is 4.99. The molecule has 0 amide bonds. The number of hydrogen-bond donors (Lipinski definition) is 0. The Labute approximate surface area is 110 Å². The highest BCUT2D eigenvalue weighted by Crippen LogP contribution is 2.22. The van der Waals surface area contributed by atoms with Crippen molar-refractivity contribution in [2.45, 2.75) is 18.2 Å². The first kappa shape index (κ1) is 14.2. The Hall–Kier alpha value is -0.900.